The Balaban J connectivity index is 1.61. The van der Waals surface area contributed by atoms with Gasteiger partial charge in [-0.25, -0.2) is 4.79 Å². The van der Waals surface area contributed by atoms with Gasteiger partial charge in [0.1, 0.15) is 0 Å². The first kappa shape index (κ1) is 18.7. The summed E-state index contributed by atoms with van der Waals surface area (Å²) in [6.45, 7) is 0.195. The number of fused-ring (bicyclic) bond motifs is 1. The van der Waals surface area contributed by atoms with E-state index in [1.807, 2.05) is 0 Å². The molecule has 8 heteroatoms. The lowest BCUT2D eigenvalue weighted by atomic mass is 10.1. The number of nitrogens with zero attached hydrogens (tertiary/aromatic N) is 1. The van der Waals surface area contributed by atoms with Gasteiger partial charge in [-0.3, -0.25) is 14.2 Å². The molecule has 0 unspecified atom stereocenters. The summed E-state index contributed by atoms with van der Waals surface area (Å²) in [5.41, 5.74) is 8.08. The van der Waals surface area contributed by atoms with Gasteiger partial charge >= 0.3 is 6.09 Å². The Hall–Kier alpha value is -3.65. The summed E-state index contributed by atoms with van der Waals surface area (Å²) >= 11 is 0. The van der Waals surface area contributed by atoms with Gasteiger partial charge in [0.15, 0.2) is 0 Å². The van der Waals surface area contributed by atoms with Crippen molar-refractivity contribution in [1.29, 1.82) is 0 Å². The minimum atomic E-state index is -1.13. The molecule has 0 aliphatic heterocycles. The van der Waals surface area contributed by atoms with Crippen molar-refractivity contribution in [3.63, 3.8) is 0 Å². The molecule has 29 heavy (non-hydrogen) atoms. The number of aromatic nitrogens is 1. The summed E-state index contributed by atoms with van der Waals surface area (Å²) in [5, 5.41) is 15.7. The number of carbonyl (C=O) groups is 3. The molecule has 3 aromatic rings. The normalized spacial score (nSPS) is 13.3. The van der Waals surface area contributed by atoms with Crippen LogP contribution in [0.4, 0.5) is 10.5 Å². The highest BCUT2D eigenvalue weighted by Gasteiger charge is 2.24. The monoisotopic (exact) mass is 392 g/mol. The number of carbonyl (C=O) groups excluding carboxylic acids is 2. The van der Waals surface area contributed by atoms with Crippen molar-refractivity contribution in [2.24, 2.45) is 5.73 Å². The van der Waals surface area contributed by atoms with Crippen LogP contribution in [0.1, 0.15) is 39.1 Å². The molecule has 0 atom stereocenters. The van der Waals surface area contributed by atoms with Crippen LogP contribution in [0.3, 0.4) is 0 Å². The molecule has 1 saturated carbocycles. The molecule has 0 bridgehead atoms. The standard InChI is InChI=1S/C21H20N4O4/c22-11-15-4-3-13(19(26)23-16-5-6-16)9-17(15)24-20(27)14-2-1-12-7-8-25(21(28)29)18(12)10-14/h1-4,7-10,16H,5-6,11,22H2,(H,23,26)(H,24,27)(H,28,29). The quantitative estimate of drug-likeness (QED) is 0.531. The summed E-state index contributed by atoms with van der Waals surface area (Å²) in [6, 6.07) is 11.7. The van der Waals surface area contributed by atoms with Gasteiger partial charge in [-0.1, -0.05) is 12.1 Å². The lowest BCUT2D eigenvalue weighted by molar-refractivity contribution is 0.0949. The molecular formula is C21H20N4O4. The molecule has 1 aliphatic carbocycles. The van der Waals surface area contributed by atoms with Crippen LogP contribution in [0, 0.1) is 0 Å². The van der Waals surface area contributed by atoms with E-state index in [0.717, 1.165) is 17.4 Å². The van der Waals surface area contributed by atoms with E-state index in [-0.39, 0.29) is 18.5 Å². The molecule has 8 nitrogen and oxygen atoms in total. The molecule has 5 N–H and O–H groups in total. The van der Waals surface area contributed by atoms with E-state index >= 15 is 0 Å². The first-order valence-electron chi connectivity index (χ1n) is 9.26. The molecule has 2 aromatic carbocycles. The topological polar surface area (TPSA) is 126 Å². The highest BCUT2D eigenvalue weighted by molar-refractivity contribution is 6.07. The molecular weight excluding hydrogens is 372 g/mol. The SMILES string of the molecule is NCc1ccc(C(=O)NC2CC2)cc1NC(=O)c1ccc2ccn(C(=O)O)c2c1. The van der Waals surface area contributed by atoms with Gasteiger partial charge in [0.25, 0.3) is 11.8 Å². The van der Waals surface area contributed by atoms with Crippen LogP contribution in [-0.2, 0) is 6.54 Å². The van der Waals surface area contributed by atoms with Gasteiger partial charge in [-0.05, 0) is 48.7 Å². The van der Waals surface area contributed by atoms with Crippen molar-refractivity contribution in [2.75, 3.05) is 5.32 Å². The number of hydrogen-bond donors (Lipinski definition) is 4. The Kier molecular flexibility index (Phi) is 4.77. The number of benzene rings is 2. The van der Waals surface area contributed by atoms with Gasteiger partial charge in [0.2, 0.25) is 0 Å². The van der Waals surface area contributed by atoms with E-state index < -0.39 is 12.0 Å². The zero-order valence-electron chi connectivity index (χ0n) is 15.5. The van der Waals surface area contributed by atoms with E-state index in [1.165, 1.54) is 12.3 Å². The first-order chi connectivity index (χ1) is 14.0. The second-order valence-corrected chi connectivity index (χ2v) is 7.02. The molecule has 1 fully saturated rings. The Morgan fingerprint density at radius 2 is 1.76 bits per heavy atom. The van der Waals surface area contributed by atoms with Crippen molar-refractivity contribution >= 4 is 34.5 Å². The fourth-order valence-corrected chi connectivity index (χ4v) is 3.14. The van der Waals surface area contributed by atoms with Gasteiger partial charge in [0.05, 0.1) is 5.52 Å². The van der Waals surface area contributed by atoms with Gasteiger partial charge < -0.3 is 21.5 Å². The maximum absolute atomic E-state index is 12.8. The van der Waals surface area contributed by atoms with E-state index in [4.69, 9.17) is 5.73 Å². The molecule has 0 saturated heterocycles. The third kappa shape index (κ3) is 3.83. The lowest BCUT2D eigenvalue weighted by Gasteiger charge is -2.12. The average molecular weight is 392 g/mol. The van der Waals surface area contributed by atoms with Crippen LogP contribution in [0.2, 0.25) is 0 Å². The van der Waals surface area contributed by atoms with Crippen molar-refractivity contribution in [3.8, 4) is 0 Å². The van der Waals surface area contributed by atoms with E-state index in [0.29, 0.717) is 33.3 Å². The number of hydrogen-bond acceptors (Lipinski definition) is 4. The van der Waals surface area contributed by atoms with Crippen molar-refractivity contribution in [3.05, 3.63) is 65.4 Å². The first-order valence-corrected chi connectivity index (χ1v) is 9.26. The molecule has 0 radical (unpaired) electrons. The largest absolute Gasteiger partial charge is 0.464 e. The minimum absolute atomic E-state index is 0.188. The maximum Gasteiger partial charge on any atom is 0.415 e. The van der Waals surface area contributed by atoms with Crippen molar-refractivity contribution in [1.82, 2.24) is 9.88 Å². The van der Waals surface area contributed by atoms with Crippen LogP contribution in [0.15, 0.2) is 48.7 Å². The van der Waals surface area contributed by atoms with Gasteiger partial charge in [-0.2, -0.15) is 0 Å². The van der Waals surface area contributed by atoms with Gasteiger partial charge in [0, 0.05) is 41.0 Å². The molecule has 0 spiro atoms. The fourth-order valence-electron chi connectivity index (χ4n) is 3.14. The molecule has 4 rings (SSSR count). The van der Waals surface area contributed by atoms with Crippen LogP contribution in [0.5, 0.6) is 0 Å². The Labute approximate surface area is 166 Å². The summed E-state index contributed by atoms with van der Waals surface area (Å²) in [4.78, 5) is 36.4. The predicted octanol–water partition coefficient (Wildman–Crippen LogP) is 2.77. The lowest BCUT2D eigenvalue weighted by Crippen LogP contribution is -2.25. The van der Waals surface area contributed by atoms with E-state index in [1.54, 1.807) is 36.4 Å². The zero-order valence-corrected chi connectivity index (χ0v) is 15.5. The number of rotatable bonds is 5. The van der Waals surface area contributed by atoms with Crippen molar-refractivity contribution in [2.45, 2.75) is 25.4 Å². The summed E-state index contributed by atoms with van der Waals surface area (Å²) in [7, 11) is 0. The van der Waals surface area contributed by atoms with Crippen LogP contribution >= 0.6 is 0 Å². The second kappa shape index (κ2) is 7.40. The number of nitrogens with two attached hydrogens (primary N) is 1. The second-order valence-electron chi connectivity index (χ2n) is 7.02. The predicted molar refractivity (Wildman–Crippen MR) is 108 cm³/mol. The van der Waals surface area contributed by atoms with Crippen LogP contribution in [-0.4, -0.2) is 33.6 Å². The van der Waals surface area contributed by atoms with Gasteiger partial charge in [-0.15, -0.1) is 0 Å². The van der Waals surface area contributed by atoms with Crippen molar-refractivity contribution < 1.29 is 19.5 Å². The molecule has 1 aliphatic rings. The third-order valence-corrected chi connectivity index (χ3v) is 4.91. The Bertz CT molecular complexity index is 1130. The average Bonchev–Trinajstić information content (AvgIpc) is 3.42. The van der Waals surface area contributed by atoms with E-state index in [9.17, 15) is 19.5 Å². The molecule has 1 aromatic heterocycles. The highest BCUT2D eigenvalue weighted by atomic mass is 16.4. The number of anilines is 1. The molecule has 148 valence electrons. The Morgan fingerprint density at radius 1 is 1.03 bits per heavy atom. The zero-order chi connectivity index (χ0) is 20.5. The number of nitrogens with one attached hydrogen (secondary N) is 2. The third-order valence-electron chi connectivity index (χ3n) is 4.91. The van der Waals surface area contributed by atoms with E-state index in [2.05, 4.69) is 10.6 Å². The molecule has 1 heterocycles. The van der Waals surface area contributed by atoms with Crippen LogP contribution < -0.4 is 16.4 Å². The highest BCUT2D eigenvalue weighted by Crippen LogP contribution is 2.23. The molecule has 2 amide bonds. The van der Waals surface area contributed by atoms with Crippen LogP contribution in [0.25, 0.3) is 10.9 Å². The summed E-state index contributed by atoms with van der Waals surface area (Å²) in [6.07, 6.45) is 2.27. The summed E-state index contributed by atoms with van der Waals surface area (Å²) < 4.78 is 1.06. The number of carboxylic acid groups (broad SMARTS) is 1. The maximum atomic E-state index is 12.8. The summed E-state index contributed by atoms with van der Waals surface area (Å²) in [5.74, 6) is -0.605. The Morgan fingerprint density at radius 3 is 2.45 bits per heavy atom. The number of amides is 2. The smallest absolute Gasteiger partial charge is 0.415 e. The minimum Gasteiger partial charge on any atom is -0.464 e. The fraction of sp³-hybridized carbons (Fsp3) is 0.190.